The van der Waals surface area contributed by atoms with Gasteiger partial charge in [0.1, 0.15) is 5.60 Å². The minimum Gasteiger partial charge on any atom is -0.444 e. The minimum absolute atomic E-state index is 0.0458. The highest BCUT2D eigenvalue weighted by Crippen LogP contribution is 2.40. The van der Waals surface area contributed by atoms with Gasteiger partial charge in [-0.1, -0.05) is 0 Å². The first-order valence-corrected chi connectivity index (χ1v) is 7.14. The van der Waals surface area contributed by atoms with Crippen LogP contribution in [-0.4, -0.2) is 43.5 Å². The van der Waals surface area contributed by atoms with Crippen LogP contribution in [0, 0.1) is 5.41 Å². The van der Waals surface area contributed by atoms with Gasteiger partial charge in [-0.2, -0.15) is 0 Å². The topological polar surface area (TPSA) is 59.6 Å². The lowest BCUT2D eigenvalue weighted by atomic mass is 9.73. The molecule has 1 amide bonds. The second-order valence-corrected chi connectivity index (χ2v) is 6.75. The molecule has 1 spiro atoms. The molecule has 2 fully saturated rings. The summed E-state index contributed by atoms with van der Waals surface area (Å²) >= 11 is 0. The van der Waals surface area contributed by atoms with Crippen molar-refractivity contribution in [3.63, 3.8) is 0 Å². The Balaban J connectivity index is 2.01. The van der Waals surface area contributed by atoms with Gasteiger partial charge in [0.15, 0.2) is 0 Å². The predicted molar refractivity (Wildman–Crippen MR) is 73.1 cm³/mol. The molecule has 110 valence electrons. The van der Waals surface area contributed by atoms with Crippen molar-refractivity contribution in [2.24, 2.45) is 5.41 Å². The fourth-order valence-electron chi connectivity index (χ4n) is 3.07. The van der Waals surface area contributed by atoms with E-state index in [2.05, 4.69) is 10.6 Å². The number of ether oxygens (including phenoxy) is 2. The Morgan fingerprint density at radius 2 is 2.00 bits per heavy atom. The maximum Gasteiger partial charge on any atom is 0.407 e. The van der Waals surface area contributed by atoms with Crippen molar-refractivity contribution >= 4 is 6.09 Å². The van der Waals surface area contributed by atoms with Gasteiger partial charge in [-0.15, -0.1) is 0 Å². The van der Waals surface area contributed by atoms with Crippen molar-refractivity contribution in [2.45, 2.75) is 58.3 Å². The van der Waals surface area contributed by atoms with Crippen LogP contribution in [0.4, 0.5) is 4.79 Å². The monoisotopic (exact) mass is 270 g/mol. The molecule has 0 unspecified atom stereocenters. The number of amides is 1. The molecule has 0 radical (unpaired) electrons. The normalized spacial score (nSPS) is 30.3. The Hall–Kier alpha value is -0.810. The van der Waals surface area contributed by atoms with Gasteiger partial charge in [0.25, 0.3) is 0 Å². The number of carbonyl (C=O) groups is 1. The van der Waals surface area contributed by atoms with E-state index in [0.29, 0.717) is 0 Å². The molecule has 5 heteroatoms. The Bertz CT molecular complexity index is 327. The highest BCUT2D eigenvalue weighted by molar-refractivity contribution is 5.68. The lowest BCUT2D eigenvalue weighted by Crippen LogP contribution is -2.54. The number of nitrogens with one attached hydrogen (secondary N) is 2. The van der Waals surface area contributed by atoms with Crippen LogP contribution in [0.15, 0.2) is 0 Å². The Morgan fingerprint density at radius 3 is 2.58 bits per heavy atom. The van der Waals surface area contributed by atoms with E-state index in [1.54, 1.807) is 0 Å². The molecule has 2 aliphatic heterocycles. The highest BCUT2D eigenvalue weighted by Gasteiger charge is 2.49. The van der Waals surface area contributed by atoms with Crippen molar-refractivity contribution in [1.82, 2.24) is 10.6 Å². The van der Waals surface area contributed by atoms with Crippen LogP contribution < -0.4 is 10.6 Å². The summed E-state index contributed by atoms with van der Waals surface area (Å²) < 4.78 is 11.2. The van der Waals surface area contributed by atoms with E-state index in [9.17, 15) is 4.79 Å². The average molecular weight is 270 g/mol. The number of rotatable bonds is 1. The zero-order valence-electron chi connectivity index (χ0n) is 12.4. The molecular weight excluding hydrogens is 244 g/mol. The van der Waals surface area contributed by atoms with Crippen molar-refractivity contribution in [1.29, 1.82) is 0 Å². The summed E-state index contributed by atoms with van der Waals surface area (Å²) in [6.45, 7) is 10.4. The number of hydrogen-bond acceptors (Lipinski definition) is 4. The molecule has 0 aromatic rings. The Morgan fingerprint density at radius 1 is 1.37 bits per heavy atom. The number of piperidine rings is 1. The molecule has 0 saturated carbocycles. The van der Waals surface area contributed by atoms with Crippen LogP contribution in [0.3, 0.4) is 0 Å². The zero-order chi connectivity index (χ0) is 14.1. The third kappa shape index (κ3) is 3.39. The molecule has 2 heterocycles. The third-order valence-corrected chi connectivity index (χ3v) is 4.03. The molecule has 0 aromatic carbocycles. The zero-order valence-corrected chi connectivity index (χ0v) is 12.4. The fraction of sp³-hybridized carbons (Fsp3) is 0.929. The van der Waals surface area contributed by atoms with Crippen molar-refractivity contribution in [2.75, 3.05) is 19.7 Å². The van der Waals surface area contributed by atoms with E-state index < -0.39 is 5.60 Å². The van der Waals surface area contributed by atoms with Crippen LogP contribution in [0.5, 0.6) is 0 Å². The van der Waals surface area contributed by atoms with Gasteiger partial charge in [-0.3, -0.25) is 0 Å². The molecule has 0 aliphatic carbocycles. The maximum atomic E-state index is 12.0. The second kappa shape index (κ2) is 5.29. The summed E-state index contributed by atoms with van der Waals surface area (Å²) in [6.07, 6.45) is 1.79. The summed E-state index contributed by atoms with van der Waals surface area (Å²) in [5.41, 5.74) is -0.393. The van der Waals surface area contributed by atoms with E-state index in [1.807, 2.05) is 27.7 Å². The molecule has 0 aromatic heterocycles. The van der Waals surface area contributed by atoms with Gasteiger partial charge in [0.05, 0.1) is 18.8 Å². The molecule has 2 aliphatic rings. The van der Waals surface area contributed by atoms with Crippen molar-refractivity contribution in [3.05, 3.63) is 0 Å². The van der Waals surface area contributed by atoms with Crippen molar-refractivity contribution in [3.8, 4) is 0 Å². The molecule has 19 heavy (non-hydrogen) atoms. The summed E-state index contributed by atoms with van der Waals surface area (Å²) in [5.74, 6) is 0. The van der Waals surface area contributed by atoms with Gasteiger partial charge in [-0.25, -0.2) is 4.79 Å². The largest absolute Gasteiger partial charge is 0.444 e. The summed E-state index contributed by atoms with van der Waals surface area (Å²) in [4.78, 5) is 12.0. The van der Waals surface area contributed by atoms with Crippen LogP contribution in [0.2, 0.25) is 0 Å². The lowest BCUT2D eigenvalue weighted by molar-refractivity contribution is 0.0431. The number of hydrogen-bond donors (Lipinski definition) is 2. The molecule has 2 N–H and O–H groups in total. The molecule has 0 bridgehead atoms. The lowest BCUT2D eigenvalue weighted by Gasteiger charge is -2.38. The maximum absolute atomic E-state index is 12.0. The average Bonchev–Trinajstić information content (AvgIpc) is 2.57. The summed E-state index contributed by atoms with van der Waals surface area (Å²) in [5, 5.41) is 6.40. The smallest absolute Gasteiger partial charge is 0.407 e. The van der Waals surface area contributed by atoms with Crippen molar-refractivity contribution < 1.29 is 14.3 Å². The minimum atomic E-state index is -0.464. The van der Waals surface area contributed by atoms with E-state index in [4.69, 9.17) is 9.47 Å². The van der Waals surface area contributed by atoms with Gasteiger partial charge in [0.2, 0.25) is 0 Å². The standard InChI is InChI=1S/C14H26N2O3/c1-10-11(16-12(17)19-13(2,3)4)14(9-18-10)5-7-15-8-6-14/h10-11,15H,5-9H2,1-4H3,(H,16,17)/t10-,11+/m0/s1. The predicted octanol–water partition coefficient (Wildman–Crippen LogP) is 1.67. The first kappa shape index (κ1) is 14.6. The fourth-order valence-corrected chi connectivity index (χ4v) is 3.07. The molecular formula is C14H26N2O3. The van der Waals surface area contributed by atoms with E-state index in [0.717, 1.165) is 32.5 Å². The van der Waals surface area contributed by atoms with Gasteiger partial charge >= 0.3 is 6.09 Å². The van der Waals surface area contributed by atoms with Gasteiger partial charge < -0.3 is 20.1 Å². The number of alkyl carbamates (subject to hydrolysis) is 1. The van der Waals surface area contributed by atoms with Crippen LogP contribution in [0.1, 0.15) is 40.5 Å². The quantitative estimate of drug-likeness (QED) is 0.761. The van der Waals surface area contributed by atoms with Crippen LogP contribution in [0.25, 0.3) is 0 Å². The summed E-state index contributed by atoms with van der Waals surface area (Å²) in [6, 6.07) is 0.0458. The Kier molecular flexibility index (Phi) is 4.06. The van der Waals surface area contributed by atoms with Crippen LogP contribution >= 0.6 is 0 Å². The van der Waals surface area contributed by atoms with E-state index >= 15 is 0 Å². The molecule has 2 saturated heterocycles. The Labute approximate surface area is 115 Å². The van der Waals surface area contributed by atoms with Gasteiger partial charge in [-0.05, 0) is 53.6 Å². The second-order valence-electron chi connectivity index (χ2n) is 6.75. The summed E-state index contributed by atoms with van der Waals surface area (Å²) in [7, 11) is 0. The SMILES string of the molecule is C[C@@H]1OCC2(CCNCC2)[C@@H]1NC(=O)OC(C)(C)C. The molecule has 2 rings (SSSR count). The molecule has 2 atom stereocenters. The highest BCUT2D eigenvalue weighted by atomic mass is 16.6. The van der Waals surface area contributed by atoms with Gasteiger partial charge in [0, 0.05) is 5.41 Å². The van der Waals surface area contributed by atoms with E-state index in [-0.39, 0.29) is 23.7 Å². The van der Waals surface area contributed by atoms with E-state index in [1.165, 1.54) is 0 Å². The molecule has 5 nitrogen and oxygen atoms in total. The van der Waals surface area contributed by atoms with Crippen LogP contribution in [-0.2, 0) is 9.47 Å². The first-order valence-electron chi connectivity index (χ1n) is 7.14. The first-order chi connectivity index (χ1) is 8.82. The third-order valence-electron chi connectivity index (χ3n) is 4.03. The number of carbonyl (C=O) groups excluding carboxylic acids is 1.